The molecular formula is C12H16F4Si. The quantitative estimate of drug-likeness (QED) is 0.439. The predicted octanol–water partition coefficient (Wildman–Crippen LogP) is 3.96. The fraction of sp³-hybridized carbons (Fsp3) is 0.500. The van der Waals surface area contributed by atoms with Crippen LogP contribution in [0.5, 0.6) is 0 Å². The maximum absolute atomic E-state index is 13.6. The summed E-state index contributed by atoms with van der Waals surface area (Å²) in [4.78, 5) is 0. The minimum Gasteiger partial charge on any atom is -0.204 e. The second-order valence-corrected chi connectivity index (χ2v) is 9.60. The lowest BCUT2D eigenvalue weighted by Gasteiger charge is -2.24. The highest BCUT2D eigenvalue weighted by atomic mass is 28.3. The van der Waals surface area contributed by atoms with Gasteiger partial charge in [0.1, 0.15) is 0 Å². The van der Waals surface area contributed by atoms with Gasteiger partial charge in [0, 0.05) is 11.3 Å². The molecule has 0 fully saturated rings. The molecule has 0 aliphatic heterocycles. The van der Waals surface area contributed by atoms with Crippen LogP contribution in [0.15, 0.2) is 6.07 Å². The van der Waals surface area contributed by atoms with E-state index in [1.54, 1.807) is 13.1 Å². The van der Waals surface area contributed by atoms with Crippen LogP contribution in [0.3, 0.4) is 0 Å². The Morgan fingerprint density at radius 2 is 1.47 bits per heavy atom. The lowest BCUT2D eigenvalue weighted by atomic mass is 10.3. The summed E-state index contributed by atoms with van der Waals surface area (Å²) >= 11 is 0. The molecule has 17 heavy (non-hydrogen) atoms. The molecule has 0 saturated carbocycles. The summed E-state index contributed by atoms with van der Waals surface area (Å²) in [7, 11) is -2.48. The van der Waals surface area contributed by atoms with Crippen LogP contribution in [0.2, 0.25) is 19.1 Å². The van der Waals surface area contributed by atoms with Gasteiger partial charge in [0.15, 0.2) is 23.3 Å². The highest BCUT2D eigenvalue weighted by molar-refractivity contribution is 6.89. The number of benzene rings is 1. The average molecular weight is 264 g/mol. The van der Waals surface area contributed by atoms with Crippen LogP contribution >= 0.6 is 0 Å². The first-order valence-corrected chi connectivity index (χ1v) is 8.85. The number of unbranched alkanes of at least 4 members (excludes halogenated alkanes) is 1. The molecule has 0 aliphatic rings. The summed E-state index contributed by atoms with van der Waals surface area (Å²) in [5.74, 6) is -5.07. The van der Waals surface area contributed by atoms with Crippen LogP contribution in [-0.4, -0.2) is 8.07 Å². The van der Waals surface area contributed by atoms with E-state index in [0.29, 0.717) is 6.04 Å². The van der Waals surface area contributed by atoms with Crippen molar-refractivity contribution in [1.82, 2.24) is 0 Å². The lowest BCUT2D eigenvalue weighted by Crippen LogP contribution is -2.46. The van der Waals surface area contributed by atoms with E-state index in [4.69, 9.17) is 0 Å². The largest absolute Gasteiger partial charge is 0.204 e. The van der Waals surface area contributed by atoms with Crippen LogP contribution in [0.4, 0.5) is 17.6 Å². The molecule has 0 radical (unpaired) electrons. The molecule has 1 aromatic carbocycles. The van der Waals surface area contributed by atoms with E-state index in [1.807, 2.05) is 6.92 Å². The van der Waals surface area contributed by atoms with E-state index in [0.717, 1.165) is 12.8 Å². The Hall–Kier alpha value is -0.843. The standard InChI is InChI=1S/C12H16F4Si/c1-4-5-6-17(2,3)12-10(15)8(13)7-9(14)11(12)16/h7H,4-6H2,1-3H3. The summed E-state index contributed by atoms with van der Waals surface area (Å²) in [6.45, 7) is 5.41. The summed E-state index contributed by atoms with van der Waals surface area (Å²) in [5.41, 5.74) is 0. The third kappa shape index (κ3) is 2.88. The highest BCUT2D eigenvalue weighted by Crippen LogP contribution is 2.20. The summed E-state index contributed by atoms with van der Waals surface area (Å²) in [6.07, 6.45) is 1.69. The number of hydrogen-bond donors (Lipinski definition) is 0. The van der Waals surface area contributed by atoms with Gasteiger partial charge in [-0.05, 0) is 0 Å². The van der Waals surface area contributed by atoms with Gasteiger partial charge >= 0.3 is 0 Å². The minimum absolute atomic E-state index is 0.262. The molecule has 0 heterocycles. The van der Waals surface area contributed by atoms with Crippen molar-refractivity contribution in [2.45, 2.75) is 38.9 Å². The summed E-state index contributed by atoms with van der Waals surface area (Å²) in [6, 6.07) is 0.874. The SMILES string of the molecule is CCCC[Si](C)(C)c1c(F)c(F)cc(F)c1F. The first-order chi connectivity index (χ1) is 7.81. The zero-order valence-corrected chi connectivity index (χ0v) is 11.2. The molecular weight excluding hydrogens is 248 g/mol. The Morgan fingerprint density at radius 1 is 1.00 bits per heavy atom. The Labute approximate surface area is 99.7 Å². The molecule has 0 atom stereocenters. The van der Waals surface area contributed by atoms with Gasteiger partial charge in [-0.25, -0.2) is 17.6 Å². The normalized spacial score (nSPS) is 11.9. The molecule has 0 aliphatic carbocycles. The second-order valence-electron chi connectivity index (χ2n) is 4.83. The number of rotatable bonds is 4. The Morgan fingerprint density at radius 3 is 1.88 bits per heavy atom. The van der Waals surface area contributed by atoms with Crippen molar-refractivity contribution in [1.29, 1.82) is 0 Å². The van der Waals surface area contributed by atoms with Crippen molar-refractivity contribution >= 4 is 13.3 Å². The van der Waals surface area contributed by atoms with E-state index in [2.05, 4.69) is 0 Å². The molecule has 0 N–H and O–H groups in total. The van der Waals surface area contributed by atoms with Gasteiger partial charge in [-0.1, -0.05) is 38.9 Å². The fourth-order valence-electron chi connectivity index (χ4n) is 1.91. The molecule has 0 amide bonds. The first-order valence-electron chi connectivity index (χ1n) is 5.64. The van der Waals surface area contributed by atoms with Crippen LogP contribution in [0, 0.1) is 23.3 Å². The third-order valence-electron chi connectivity index (χ3n) is 2.94. The predicted molar refractivity (Wildman–Crippen MR) is 63.1 cm³/mol. The van der Waals surface area contributed by atoms with Gasteiger partial charge in [-0.2, -0.15) is 0 Å². The molecule has 1 rings (SSSR count). The maximum atomic E-state index is 13.6. The maximum Gasteiger partial charge on any atom is 0.161 e. The van der Waals surface area contributed by atoms with Crippen LogP contribution < -0.4 is 5.19 Å². The van der Waals surface area contributed by atoms with Crippen molar-refractivity contribution in [2.75, 3.05) is 0 Å². The molecule has 0 nitrogen and oxygen atoms in total. The van der Waals surface area contributed by atoms with E-state index in [9.17, 15) is 17.6 Å². The Balaban J connectivity index is 3.29. The van der Waals surface area contributed by atoms with Crippen LogP contribution in [0.25, 0.3) is 0 Å². The zero-order valence-electron chi connectivity index (χ0n) is 10.2. The number of halogens is 4. The first kappa shape index (κ1) is 14.2. The molecule has 0 bridgehead atoms. The van der Waals surface area contributed by atoms with E-state index in [-0.39, 0.29) is 11.3 Å². The van der Waals surface area contributed by atoms with Crippen LogP contribution in [0.1, 0.15) is 19.8 Å². The van der Waals surface area contributed by atoms with E-state index in [1.165, 1.54) is 0 Å². The zero-order chi connectivity index (χ0) is 13.2. The van der Waals surface area contributed by atoms with Gasteiger partial charge < -0.3 is 0 Å². The summed E-state index contributed by atoms with van der Waals surface area (Å²) < 4.78 is 53.5. The van der Waals surface area contributed by atoms with Gasteiger partial charge in [0.05, 0.1) is 8.07 Å². The molecule has 1 aromatic rings. The molecule has 0 spiro atoms. The van der Waals surface area contributed by atoms with Crippen molar-refractivity contribution in [3.8, 4) is 0 Å². The van der Waals surface area contributed by atoms with Gasteiger partial charge in [-0.3, -0.25) is 0 Å². The Bertz CT molecular complexity index is 389. The van der Waals surface area contributed by atoms with Crippen molar-refractivity contribution in [3.05, 3.63) is 29.3 Å². The van der Waals surface area contributed by atoms with Crippen molar-refractivity contribution in [3.63, 3.8) is 0 Å². The third-order valence-corrected chi connectivity index (χ3v) is 6.34. The van der Waals surface area contributed by atoms with Gasteiger partial charge in [0.25, 0.3) is 0 Å². The molecule has 96 valence electrons. The molecule has 5 heteroatoms. The highest BCUT2D eigenvalue weighted by Gasteiger charge is 2.33. The number of hydrogen-bond acceptors (Lipinski definition) is 0. The van der Waals surface area contributed by atoms with Gasteiger partial charge in [-0.15, -0.1) is 0 Å². The van der Waals surface area contributed by atoms with E-state index < -0.39 is 31.3 Å². The lowest BCUT2D eigenvalue weighted by molar-refractivity contribution is 0.462. The smallest absolute Gasteiger partial charge is 0.161 e. The molecule has 0 saturated heterocycles. The van der Waals surface area contributed by atoms with Crippen LogP contribution in [-0.2, 0) is 0 Å². The Kier molecular flexibility index (Phi) is 4.35. The van der Waals surface area contributed by atoms with Crippen molar-refractivity contribution < 1.29 is 17.6 Å². The molecule has 0 unspecified atom stereocenters. The molecule has 0 aromatic heterocycles. The topological polar surface area (TPSA) is 0 Å². The van der Waals surface area contributed by atoms with Gasteiger partial charge in [0.2, 0.25) is 0 Å². The second kappa shape index (κ2) is 5.21. The summed E-state index contributed by atoms with van der Waals surface area (Å²) in [5, 5.41) is -0.358. The van der Waals surface area contributed by atoms with E-state index >= 15 is 0 Å². The minimum atomic E-state index is -2.48. The van der Waals surface area contributed by atoms with Crippen molar-refractivity contribution in [2.24, 2.45) is 0 Å². The monoisotopic (exact) mass is 264 g/mol. The fourth-order valence-corrected chi connectivity index (χ4v) is 4.83. The average Bonchev–Trinajstić information content (AvgIpc) is 2.24.